The summed E-state index contributed by atoms with van der Waals surface area (Å²) in [5, 5.41) is 5.61. The van der Waals surface area contributed by atoms with Crippen molar-refractivity contribution in [3.8, 4) is 0 Å². The maximum Gasteiger partial charge on any atom is 0.172 e. The molecule has 1 aliphatic rings. The first kappa shape index (κ1) is 12.9. The maximum atomic E-state index is 6.48. The lowest BCUT2D eigenvalue weighted by molar-refractivity contribution is 0.708. The predicted molar refractivity (Wildman–Crippen MR) is 81.7 cm³/mol. The molecule has 18 heavy (non-hydrogen) atoms. The molecule has 6 heteroatoms. The summed E-state index contributed by atoms with van der Waals surface area (Å²) in [6.07, 6.45) is 4.77. The van der Waals surface area contributed by atoms with Crippen LogP contribution >= 0.6 is 45.8 Å². The van der Waals surface area contributed by atoms with E-state index >= 15 is 0 Å². The molecule has 0 radical (unpaired) electrons. The van der Waals surface area contributed by atoms with Crippen LogP contribution in [-0.2, 0) is 0 Å². The summed E-state index contributed by atoms with van der Waals surface area (Å²) in [7, 11) is 0. The molecule has 3 rings (SSSR count). The molecule has 96 valence electrons. The Morgan fingerprint density at radius 2 is 1.94 bits per heavy atom. The molecule has 2 heterocycles. The van der Waals surface area contributed by atoms with E-state index in [1.807, 2.05) is 6.92 Å². The van der Waals surface area contributed by atoms with E-state index in [-0.39, 0.29) is 0 Å². The second-order valence-corrected chi connectivity index (χ2v) is 6.52. The predicted octanol–water partition coefficient (Wildman–Crippen LogP) is 4.61. The second kappa shape index (κ2) is 4.80. The molecule has 0 saturated heterocycles. The van der Waals surface area contributed by atoms with Crippen LogP contribution in [0, 0.1) is 10.5 Å². The fourth-order valence-corrected chi connectivity index (χ4v) is 3.82. The average Bonchev–Trinajstić information content (AvgIpc) is 2.92. The second-order valence-electron chi connectivity index (χ2n) is 4.72. The van der Waals surface area contributed by atoms with Gasteiger partial charge in [0.1, 0.15) is 10.3 Å². The Bertz CT molecular complexity index is 618. The summed E-state index contributed by atoms with van der Waals surface area (Å²) in [6.45, 7) is 1.95. The van der Waals surface area contributed by atoms with Gasteiger partial charge >= 0.3 is 0 Å². The summed E-state index contributed by atoms with van der Waals surface area (Å²) in [4.78, 5) is 4.48. The van der Waals surface area contributed by atoms with Crippen LogP contribution < -0.4 is 0 Å². The Labute approximate surface area is 129 Å². The number of rotatable bonds is 1. The van der Waals surface area contributed by atoms with E-state index in [1.54, 1.807) is 4.52 Å². The van der Waals surface area contributed by atoms with Crippen molar-refractivity contribution in [3.05, 3.63) is 25.1 Å². The van der Waals surface area contributed by atoms with Gasteiger partial charge in [-0.2, -0.15) is 5.10 Å². The van der Waals surface area contributed by atoms with Crippen LogP contribution in [0.15, 0.2) is 0 Å². The number of halogens is 3. The Hall–Kier alpha value is -0.0700. The van der Waals surface area contributed by atoms with Gasteiger partial charge < -0.3 is 0 Å². The SMILES string of the molecule is Cc1nn2c(Cl)c(C3CCCC3)c(Cl)nc2c1I. The van der Waals surface area contributed by atoms with Crippen LogP contribution in [0.4, 0.5) is 0 Å². The van der Waals surface area contributed by atoms with Crippen LogP contribution in [-0.4, -0.2) is 14.6 Å². The average molecular weight is 396 g/mol. The molecule has 1 fully saturated rings. The van der Waals surface area contributed by atoms with Crippen molar-refractivity contribution >= 4 is 51.4 Å². The van der Waals surface area contributed by atoms with Crippen molar-refractivity contribution < 1.29 is 0 Å². The highest BCUT2D eigenvalue weighted by atomic mass is 127. The lowest BCUT2D eigenvalue weighted by Gasteiger charge is -2.13. The van der Waals surface area contributed by atoms with Gasteiger partial charge in [0.05, 0.1) is 9.26 Å². The van der Waals surface area contributed by atoms with E-state index in [0.717, 1.165) is 33.3 Å². The molecule has 0 atom stereocenters. The third kappa shape index (κ3) is 1.93. The van der Waals surface area contributed by atoms with Gasteiger partial charge in [0, 0.05) is 5.56 Å². The van der Waals surface area contributed by atoms with Crippen molar-refractivity contribution in [2.24, 2.45) is 0 Å². The van der Waals surface area contributed by atoms with Crippen molar-refractivity contribution in [1.82, 2.24) is 14.6 Å². The van der Waals surface area contributed by atoms with Crippen molar-refractivity contribution in [2.75, 3.05) is 0 Å². The van der Waals surface area contributed by atoms with Crippen LogP contribution in [0.5, 0.6) is 0 Å². The number of hydrogen-bond donors (Lipinski definition) is 0. The van der Waals surface area contributed by atoms with E-state index < -0.39 is 0 Å². The van der Waals surface area contributed by atoms with Crippen LogP contribution in [0.3, 0.4) is 0 Å². The lowest BCUT2D eigenvalue weighted by atomic mass is 10.0. The van der Waals surface area contributed by atoms with Crippen LogP contribution in [0.25, 0.3) is 5.65 Å². The fraction of sp³-hybridized carbons (Fsp3) is 0.500. The van der Waals surface area contributed by atoms with Crippen molar-refractivity contribution in [2.45, 2.75) is 38.5 Å². The molecule has 0 aliphatic heterocycles. The number of hydrogen-bond acceptors (Lipinski definition) is 2. The first-order chi connectivity index (χ1) is 8.59. The third-order valence-electron chi connectivity index (χ3n) is 3.56. The van der Waals surface area contributed by atoms with E-state index in [0.29, 0.717) is 16.2 Å². The molecule has 1 aliphatic carbocycles. The highest BCUT2D eigenvalue weighted by Gasteiger charge is 2.26. The fourth-order valence-electron chi connectivity index (χ4n) is 2.63. The number of nitrogens with zero attached hydrogens (tertiary/aromatic N) is 3. The van der Waals surface area contributed by atoms with Crippen LogP contribution in [0.2, 0.25) is 10.3 Å². The summed E-state index contributed by atoms with van der Waals surface area (Å²) in [5.74, 6) is 0.434. The quantitative estimate of drug-likeness (QED) is 0.521. The number of aromatic nitrogens is 3. The topological polar surface area (TPSA) is 30.2 Å². The minimum Gasteiger partial charge on any atom is -0.215 e. The summed E-state index contributed by atoms with van der Waals surface area (Å²) < 4.78 is 2.73. The monoisotopic (exact) mass is 395 g/mol. The van der Waals surface area contributed by atoms with Gasteiger partial charge in [0.2, 0.25) is 0 Å². The van der Waals surface area contributed by atoms with Gasteiger partial charge in [0.25, 0.3) is 0 Å². The van der Waals surface area contributed by atoms with Gasteiger partial charge in [-0.05, 0) is 48.3 Å². The summed E-state index contributed by atoms with van der Waals surface area (Å²) in [6, 6.07) is 0. The number of fused-ring (bicyclic) bond motifs is 1. The molecule has 0 bridgehead atoms. The lowest BCUT2D eigenvalue weighted by Crippen LogP contribution is -2.03. The molecule has 2 aromatic rings. The Kier molecular flexibility index (Phi) is 3.45. The molecule has 0 aromatic carbocycles. The largest absolute Gasteiger partial charge is 0.215 e. The van der Waals surface area contributed by atoms with E-state index in [9.17, 15) is 0 Å². The molecule has 1 saturated carbocycles. The van der Waals surface area contributed by atoms with Crippen molar-refractivity contribution in [3.63, 3.8) is 0 Å². The molecular formula is C12H12Cl2IN3. The third-order valence-corrected chi connectivity index (χ3v) is 5.48. The normalized spacial score (nSPS) is 16.9. The van der Waals surface area contributed by atoms with E-state index in [4.69, 9.17) is 23.2 Å². The summed E-state index contributed by atoms with van der Waals surface area (Å²) >= 11 is 15.0. The Morgan fingerprint density at radius 1 is 1.28 bits per heavy atom. The molecule has 3 nitrogen and oxygen atoms in total. The van der Waals surface area contributed by atoms with Gasteiger partial charge in [-0.15, -0.1) is 0 Å². The first-order valence-electron chi connectivity index (χ1n) is 5.99. The maximum absolute atomic E-state index is 6.48. The molecule has 0 N–H and O–H groups in total. The zero-order valence-electron chi connectivity index (χ0n) is 9.88. The highest BCUT2D eigenvalue weighted by Crippen LogP contribution is 2.41. The van der Waals surface area contributed by atoms with Gasteiger partial charge in [0.15, 0.2) is 5.65 Å². The van der Waals surface area contributed by atoms with Crippen LogP contribution in [0.1, 0.15) is 42.9 Å². The first-order valence-corrected chi connectivity index (χ1v) is 7.82. The van der Waals surface area contributed by atoms with Gasteiger partial charge in [-0.1, -0.05) is 36.0 Å². The molecule has 2 aromatic heterocycles. The zero-order valence-corrected chi connectivity index (χ0v) is 13.6. The highest BCUT2D eigenvalue weighted by molar-refractivity contribution is 14.1. The van der Waals surface area contributed by atoms with Gasteiger partial charge in [-0.25, -0.2) is 9.50 Å². The zero-order chi connectivity index (χ0) is 12.9. The molecule has 0 amide bonds. The smallest absolute Gasteiger partial charge is 0.172 e. The van der Waals surface area contributed by atoms with Crippen molar-refractivity contribution in [1.29, 1.82) is 0 Å². The molecule has 0 spiro atoms. The Morgan fingerprint density at radius 3 is 2.61 bits per heavy atom. The minimum atomic E-state index is 0.434. The number of aryl methyl sites for hydroxylation is 1. The van der Waals surface area contributed by atoms with Gasteiger partial charge in [-0.3, -0.25) is 0 Å². The molecule has 0 unspecified atom stereocenters. The standard InChI is InChI=1S/C12H12Cl2IN3/c1-6-9(15)12-16-10(13)8(7-4-2-3-5-7)11(14)18(12)17-6/h7H,2-5H2,1H3. The molecular weight excluding hydrogens is 384 g/mol. The van der Waals surface area contributed by atoms with E-state index in [2.05, 4.69) is 32.7 Å². The minimum absolute atomic E-state index is 0.434. The van der Waals surface area contributed by atoms with E-state index in [1.165, 1.54) is 12.8 Å². The Balaban J connectivity index is 2.26. The summed E-state index contributed by atoms with van der Waals surface area (Å²) in [5.41, 5.74) is 2.66.